The molecule has 0 saturated heterocycles. The molecule has 1 aromatic carbocycles. The number of aryl methyl sites for hydroxylation is 2. The number of rotatable bonds is 2. The van der Waals surface area contributed by atoms with Crippen molar-refractivity contribution in [2.45, 2.75) is 13.8 Å². The van der Waals surface area contributed by atoms with Crippen molar-refractivity contribution in [1.29, 1.82) is 0 Å². The Morgan fingerprint density at radius 3 is 2.00 bits per heavy atom. The monoisotopic (exact) mass is 181 g/mol. The molecule has 0 aliphatic carbocycles. The molecule has 0 saturated carbocycles. The van der Waals surface area contributed by atoms with Crippen LogP contribution in [0.2, 0.25) is 0 Å². The number of ether oxygens (including phenoxy) is 2. The molecule has 0 aliphatic heterocycles. The predicted octanol–water partition coefficient (Wildman–Crippen LogP) is 1.90. The van der Waals surface area contributed by atoms with Gasteiger partial charge in [0.25, 0.3) is 0 Å². The summed E-state index contributed by atoms with van der Waals surface area (Å²) in [5, 5.41) is 0. The summed E-state index contributed by atoms with van der Waals surface area (Å²) in [6.45, 7) is 3.91. The Bertz CT molecular complexity index is 321. The van der Waals surface area contributed by atoms with Crippen LogP contribution in [0.5, 0.6) is 11.5 Å². The summed E-state index contributed by atoms with van der Waals surface area (Å²) in [6, 6.07) is 1.98. The van der Waals surface area contributed by atoms with Gasteiger partial charge in [0.2, 0.25) is 0 Å². The first-order valence-corrected chi connectivity index (χ1v) is 4.09. The minimum atomic E-state index is 0.625. The lowest BCUT2D eigenvalue weighted by molar-refractivity contribution is 0.354. The van der Waals surface area contributed by atoms with Crippen LogP contribution < -0.4 is 15.2 Å². The van der Waals surface area contributed by atoms with Gasteiger partial charge in [-0.3, -0.25) is 0 Å². The molecule has 0 atom stereocenters. The second-order valence-electron chi connectivity index (χ2n) is 2.99. The van der Waals surface area contributed by atoms with Gasteiger partial charge in [0.05, 0.1) is 19.9 Å². The van der Waals surface area contributed by atoms with Crippen molar-refractivity contribution >= 4 is 5.69 Å². The molecule has 0 heterocycles. The lowest BCUT2D eigenvalue weighted by Gasteiger charge is -2.14. The van der Waals surface area contributed by atoms with Crippen molar-refractivity contribution in [2.75, 3.05) is 20.0 Å². The molecule has 1 rings (SSSR count). The number of methoxy groups -OCH3 is 2. The first-order valence-electron chi connectivity index (χ1n) is 4.09. The fourth-order valence-electron chi connectivity index (χ4n) is 1.40. The zero-order valence-electron chi connectivity index (χ0n) is 8.47. The first-order chi connectivity index (χ1) is 6.11. The zero-order chi connectivity index (χ0) is 10.0. The molecule has 0 amide bonds. The van der Waals surface area contributed by atoms with E-state index in [2.05, 4.69) is 0 Å². The predicted molar refractivity (Wildman–Crippen MR) is 53.4 cm³/mol. The number of anilines is 1. The molecule has 3 nitrogen and oxygen atoms in total. The molecule has 0 aromatic heterocycles. The van der Waals surface area contributed by atoms with E-state index in [1.54, 1.807) is 14.2 Å². The van der Waals surface area contributed by atoms with Crippen LogP contribution in [0, 0.1) is 13.8 Å². The summed E-state index contributed by atoms with van der Waals surface area (Å²) in [7, 11) is 3.20. The van der Waals surface area contributed by atoms with Crippen molar-refractivity contribution in [3.63, 3.8) is 0 Å². The Balaban J connectivity index is 3.41. The summed E-state index contributed by atoms with van der Waals surface area (Å²) in [5.74, 6) is 1.34. The maximum absolute atomic E-state index is 5.83. The molecule has 72 valence electrons. The van der Waals surface area contributed by atoms with Gasteiger partial charge in [-0.1, -0.05) is 6.07 Å². The zero-order valence-corrected chi connectivity index (χ0v) is 8.47. The van der Waals surface area contributed by atoms with Crippen LogP contribution in [0.4, 0.5) is 5.69 Å². The van der Waals surface area contributed by atoms with Crippen LogP contribution in [0.15, 0.2) is 6.07 Å². The van der Waals surface area contributed by atoms with Gasteiger partial charge in [-0.05, 0) is 25.0 Å². The number of nitrogen functional groups attached to an aromatic ring is 1. The lowest BCUT2D eigenvalue weighted by Crippen LogP contribution is -2.00. The maximum atomic E-state index is 5.83. The Morgan fingerprint density at radius 2 is 1.54 bits per heavy atom. The van der Waals surface area contributed by atoms with Gasteiger partial charge in [0, 0.05) is 0 Å². The number of hydrogen-bond donors (Lipinski definition) is 1. The molecule has 0 spiro atoms. The van der Waals surface area contributed by atoms with Gasteiger partial charge in [-0.25, -0.2) is 0 Å². The van der Waals surface area contributed by atoms with Crippen LogP contribution in [0.25, 0.3) is 0 Å². The molecular formula is C10H15NO2. The van der Waals surface area contributed by atoms with Crippen LogP contribution in [-0.2, 0) is 0 Å². The average molecular weight is 181 g/mol. The van der Waals surface area contributed by atoms with Crippen molar-refractivity contribution in [3.8, 4) is 11.5 Å². The summed E-state index contributed by atoms with van der Waals surface area (Å²) in [6.07, 6.45) is 0. The highest BCUT2D eigenvalue weighted by Crippen LogP contribution is 2.38. The van der Waals surface area contributed by atoms with E-state index in [1.165, 1.54) is 0 Å². The highest BCUT2D eigenvalue weighted by molar-refractivity contribution is 5.67. The lowest BCUT2D eigenvalue weighted by atomic mass is 10.1. The van der Waals surface area contributed by atoms with Gasteiger partial charge in [-0.2, -0.15) is 0 Å². The molecule has 0 fully saturated rings. The van der Waals surface area contributed by atoms with E-state index in [0.29, 0.717) is 17.2 Å². The molecule has 3 heteroatoms. The summed E-state index contributed by atoms with van der Waals surface area (Å²) in [5.41, 5.74) is 8.52. The summed E-state index contributed by atoms with van der Waals surface area (Å²) in [4.78, 5) is 0. The van der Waals surface area contributed by atoms with Gasteiger partial charge in [0.1, 0.15) is 0 Å². The molecule has 0 bridgehead atoms. The topological polar surface area (TPSA) is 44.5 Å². The summed E-state index contributed by atoms with van der Waals surface area (Å²) >= 11 is 0. The normalized spacial score (nSPS) is 9.85. The van der Waals surface area contributed by atoms with Crippen LogP contribution in [-0.4, -0.2) is 14.2 Å². The van der Waals surface area contributed by atoms with Crippen molar-refractivity contribution in [2.24, 2.45) is 0 Å². The third-order valence-electron chi connectivity index (χ3n) is 2.08. The van der Waals surface area contributed by atoms with Crippen LogP contribution in [0.3, 0.4) is 0 Å². The van der Waals surface area contributed by atoms with E-state index in [0.717, 1.165) is 11.1 Å². The van der Waals surface area contributed by atoms with E-state index in [1.807, 2.05) is 19.9 Å². The molecular weight excluding hydrogens is 166 g/mol. The Hall–Kier alpha value is -1.38. The van der Waals surface area contributed by atoms with E-state index in [4.69, 9.17) is 15.2 Å². The molecule has 0 unspecified atom stereocenters. The fraction of sp³-hybridized carbons (Fsp3) is 0.400. The van der Waals surface area contributed by atoms with Crippen molar-refractivity contribution < 1.29 is 9.47 Å². The summed E-state index contributed by atoms with van der Waals surface area (Å²) < 4.78 is 10.4. The molecule has 13 heavy (non-hydrogen) atoms. The molecule has 0 radical (unpaired) electrons. The number of benzene rings is 1. The third kappa shape index (κ3) is 1.54. The SMILES string of the molecule is COc1c(C)cc(C)c(N)c1OC. The minimum absolute atomic E-state index is 0.625. The van der Waals surface area contributed by atoms with Gasteiger partial charge in [-0.15, -0.1) is 0 Å². The third-order valence-corrected chi connectivity index (χ3v) is 2.08. The van der Waals surface area contributed by atoms with Crippen LogP contribution >= 0.6 is 0 Å². The van der Waals surface area contributed by atoms with Gasteiger partial charge < -0.3 is 15.2 Å². The van der Waals surface area contributed by atoms with E-state index >= 15 is 0 Å². The Morgan fingerprint density at radius 1 is 1.00 bits per heavy atom. The largest absolute Gasteiger partial charge is 0.493 e. The highest BCUT2D eigenvalue weighted by atomic mass is 16.5. The van der Waals surface area contributed by atoms with Crippen molar-refractivity contribution in [1.82, 2.24) is 0 Å². The Kier molecular flexibility index (Phi) is 2.66. The molecule has 2 N–H and O–H groups in total. The quantitative estimate of drug-likeness (QED) is 0.709. The highest BCUT2D eigenvalue weighted by Gasteiger charge is 2.12. The van der Waals surface area contributed by atoms with E-state index in [9.17, 15) is 0 Å². The second-order valence-corrected chi connectivity index (χ2v) is 2.99. The maximum Gasteiger partial charge on any atom is 0.184 e. The van der Waals surface area contributed by atoms with Gasteiger partial charge >= 0.3 is 0 Å². The Labute approximate surface area is 78.5 Å². The average Bonchev–Trinajstić information content (AvgIpc) is 2.10. The second kappa shape index (κ2) is 3.56. The molecule has 0 aliphatic rings. The van der Waals surface area contributed by atoms with Gasteiger partial charge in [0.15, 0.2) is 11.5 Å². The van der Waals surface area contributed by atoms with E-state index < -0.39 is 0 Å². The number of hydrogen-bond acceptors (Lipinski definition) is 3. The minimum Gasteiger partial charge on any atom is -0.493 e. The molecule has 1 aromatic rings. The van der Waals surface area contributed by atoms with Crippen LogP contribution in [0.1, 0.15) is 11.1 Å². The first kappa shape index (κ1) is 9.71. The van der Waals surface area contributed by atoms with E-state index in [-0.39, 0.29) is 0 Å². The smallest absolute Gasteiger partial charge is 0.184 e. The standard InChI is InChI=1S/C10H15NO2/c1-6-5-7(2)9(12-3)10(13-4)8(6)11/h5H,11H2,1-4H3. The van der Waals surface area contributed by atoms with Crippen molar-refractivity contribution in [3.05, 3.63) is 17.2 Å². The fourth-order valence-corrected chi connectivity index (χ4v) is 1.40. The number of nitrogens with two attached hydrogens (primary N) is 1.